The summed E-state index contributed by atoms with van der Waals surface area (Å²) in [7, 11) is 1.43. The molecule has 0 atom stereocenters. The first-order chi connectivity index (χ1) is 15.6. The van der Waals surface area contributed by atoms with E-state index in [0.29, 0.717) is 5.69 Å². The second-order valence-corrected chi connectivity index (χ2v) is 8.47. The standard InChI is InChI=1S/C24H20N4O3S/c1-31-20-12-11-17(25-22(20)23(29)30)15-10-9-14-5-4-7-18(16(14)13-15)27-28-24-26-19-6-2-3-8-21(19)32-24/h2-3,6,8-13H,4-5,7H2,1H3,(H,26,28)(H,29,30). The van der Waals surface area contributed by atoms with Crippen molar-refractivity contribution in [3.63, 3.8) is 0 Å². The van der Waals surface area contributed by atoms with Crippen molar-refractivity contribution in [1.82, 2.24) is 9.97 Å². The highest BCUT2D eigenvalue weighted by atomic mass is 32.1. The molecule has 0 bridgehead atoms. The predicted molar refractivity (Wildman–Crippen MR) is 126 cm³/mol. The fourth-order valence-electron chi connectivity index (χ4n) is 3.88. The average molecular weight is 445 g/mol. The Morgan fingerprint density at radius 1 is 1.12 bits per heavy atom. The van der Waals surface area contributed by atoms with Crippen LogP contribution in [-0.2, 0) is 6.42 Å². The van der Waals surface area contributed by atoms with Crippen molar-refractivity contribution in [2.75, 3.05) is 12.5 Å². The van der Waals surface area contributed by atoms with E-state index in [4.69, 9.17) is 4.74 Å². The van der Waals surface area contributed by atoms with Gasteiger partial charge in [-0.15, -0.1) is 0 Å². The third kappa shape index (κ3) is 3.80. The summed E-state index contributed by atoms with van der Waals surface area (Å²) >= 11 is 1.57. The summed E-state index contributed by atoms with van der Waals surface area (Å²) < 4.78 is 6.24. The summed E-state index contributed by atoms with van der Waals surface area (Å²) in [6.07, 6.45) is 2.85. The molecule has 5 rings (SSSR count). The first-order valence-corrected chi connectivity index (χ1v) is 11.0. The highest BCUT2D eigenvalue weighted by molar-refractivity contribution is 7.22. The molecule has 0 spiro atoms. The lowest BCUT2D eigenvalue weighted by Gasteiger charge is -2.19. The number of thiazole rings is 1. The summed E-state index contributed by atoms with van der Waals surface area (Å²) in [6, 6.07) is 17.5. The monoisotopic (exact) mass is 444 g/mol. The minimum atomic E-state index is -1.12. The van der Waals surface area contributed by atoms with Gasteiger partial charge in [-0.1, -0.05) is 35.6 Å². The minimum absolute atomic E-state index is 0.103. The molecule has 1 aliphatic carbocycles. The van der Waals surface area contributed by atoms with E-state index >= 15 is 0 Å². The lowest BCUT2D eigenvalue weighted by atomic mass is 9.88. The number of anilines is 1. The number of benzene rings is 2. The van der Waals surface area contributed by atoms with Crippen LogP contribution in [0.15, 0.2) is 59.7 Å². The summed E-state index contributed by atoms with van der Waals surface area (Å²) in [5.41, 5.74) is 8.62. The fraction of sp³-hybridized carbons (Fsp3) is 0.167. The van der Waals surface area contributed by atoms with Crippen molar-refractivity contribution in [3.05, 3.63) is 71.4 Å². The normalized spacial score (nSPS) is 14.3. The zero-order valence-corrected chi connectivity index (χ0v) is 18.1. The maximum absolute atomic E-state index is 11.6. The third-order valence-electron chi connectivity index (χ3n) is 5.44. The number of carbonyl (C=O) groups is 1. The predicted octanol–water partition coefficient (Wildman–Crippen LogP) is 5.22. The van der Waals surface area contributed by atoms with Crippen molar-refractivity contribution in [2.45, 2.75) is 19.3 Å². The van der Waals surface area contributed by atoms with Gasteiger partial charge in [-0.25, -0.2) is 14.8 Å². The van der Waals surface area contributed by atoms with Crippen LogP contribution >= 0.6 is 11.3 Å². The Kier molecular flexibility index (Phi) is 5.28. The van der Waals surface area contributed by atoms with E-state index in [9.17, 15) is 9.90 Å². The van der Waals surface area contributed by atoms with Crippen LogP contribution in [0.4, 0.5) is 5.13 Å². The molecule has 0 amide bonds. The smallest absolute Gasteiger partial charge is 0.358 e. The minimum Gasteiger partial charge on any atom is -0.494 e. The van der Waals surface area contributed by atoms with E-state index in [1.165, 1.54) is 12.7 Å². The zero-order chi connectivity index (χ0) is 22.1. The second kappa shape index (κ2) is 8.39. The number of aromatic nitrogens is 2. The molecule has 0 radical (unpaired) electrons. The van der Waals surface area contributed by atoms with Crippen molar-refractivity contribution in [1.29, 1.82) is 0 Å². The molecule has 2 aromatic carbocycles. The Labute approximate surface area is 188 Å². The molecule has 32 heavy (non-hydrogen) atoms. The van der Waals surface area contributed by atoms with Gasteiger partial charge in [-0.05, 0) is 55.2 Å². The van der Waals surface area contributed by atoms with E-state index in [1.54, 1.807) is 23.5 Å². The maximum Gasteiger partial charge on any atom is 0.358 e. The van der Waals surface area contributed by atoms with Crippen molar-refractivity contribution in [3.8, 4) is 17.0 Å². The molecule has 0 unspecified atom stereocenters. The number of aryl methyl sites for hydroxylation is 1. The molecule has 7 nitrogen and oxygen atoms in total. The van der Waals surface area contributed by atoms with Crippen LogP contribution in [0.25, 0.3) is 21.5 Å². The number of fused-ring (bicyclic) bond motifs is 2. The van der Waals surface area contributed by atoms with Crippen LogP contribution in [0.1, 0.15) is 34.5 Å². The van der Waals surface area contributed by atoms with E-state index in [0.717, 1.165) is 51.4 Å². The Bertz CT molecular complexity index is 1330. The lowest BCUT2D eigenvalue weighted by molar-refractivity contribution is 0.0686. The molecule has 2 N–H and O–H groups in total. The van der Waals surface area contributed by atoms with E-state index in [1.807, 2.05) is 36.4 Å². The summed E-state index contributed by atoms with van der Waals surface area (Å²) in [5, 5.41) is 14.9. The highest BCUT2D eigenvalue weighted by Gasteiger charge is 2.19. The number of carboxylic acids is 1. The molecule has 8 heteroatoms. The van der Waals surface area contributed by atoms with Gasteiger partial charge in [-0.2, -0.15) is 5.10 Å². The zero-order valence-electron chi connectivity index (χ0n) is 17.3. The van der Waals surface area contributed by atoms with Gasteiger partial charge in [-0.3, -0.25) is 5.43 Å². The maximum atomic E-state index is 11.6. The van der Waals surface area contributed by atoms with Crippen molar-refractivity contribution >= 4 is 38.4 Å². The Balaban J connectivity index is 1.49. The molecule has 2 aromatic heterocycles. The first kappa shape index (κ1) is 20.1. The molecule has 2 heterocycles. The first-order valence-electron chi connectivity index (χ1n) is 10.2. The van der Waals surface area contributed by atoms with E-state index in [-0.39, 0.29) is 11.4 Å². The van der Waals surface area contributed by atoms with Crippen LogP contribution < -0.4 is 10.2 Å². The van der Waals surface area contributed by atoms with Crippen LogP contribution in [0.2, 0.25) is 0 Å². The van der Waals surface area contributed by atoms with Crippen LogP contribution in [0.5, 0.6) is 5.75 Å². The number of hydrogen-bond acceptors (Lipinski definition) is 7. The van der Waals surface area contributed by atoms with E-state index in [2.05, 4.69) is 26.6 Å². The van der Waals surface area contributed by atoms with Gasteiger partial charge in [0.25, 0.3) is 0 Å². The quantitative estimate of drug-likeness (QED) is 0.410. The molecule has 1 aliphatic rings. The van der Waals surface area contributed by atoms with Gasteiger partial charge in [0.1, 0.15) is 0 Å². The highest BCUT2D eigenvalue weighted by Crippen LogP contribution is 2.30. The van der Waals surface area contributed by atoms with Gasteiger partial charge in [0.05, 0.1) is 28.7 Å². The SMILES string of the molecule is COc1ccc(-c2ccc3c(c2)C(=NNc2nc4ccccc4s2)CCC3)nc1C(=O)O. The summed E-state index contributed by atoms with van der Waals surface area (Å²) in [4.78, 5) is 20.5. The molecule has 0 aliphatic heterocycles. The van der Waals surface area contributed by atoms with Gasteiger partial charge in [0, 0.05) is 11.1 Å². The number of aromatic carboxylic acids is 1. The molecule has 160 valence electrons. The number of pyridine rings is 1. The molecule has 0 saturated heterocycles. The molecule has 0 saturated carbocycles. The lowest BCUT2D eigenvalue weighted by Crippen LogP contribution is -2.14. The second-order valence-electron chi connectivity index (χ2n) is 7.44. The number of hydrogen-bond donors (Lipinski definition) is 2. The largest absolute Gasteiger partial charge is 0.494 e. The number of methoxy groups -OCH3 is 1. The fourth-order valence-corrected chi connectivity index (χ4v) is 4.69. The van der Waals surface area contributed by atoms with Crippen LogP contribution in [0.3, 0.4) is 0 Å². The van der Waals surface area contributed by atoms with Crippen LogP contribution in [0, 0.1) is 0 Å². The van der Waals surface area contributed by atoms with Crippen molar-refractivity contribution < 1.29 is 14.6 Å². The third-order valence-corrected chi connectivity index (χ3v) is 6.38. The number of nitrogens with zero attached hydrogens (tertiary/aromatic N) is 3. The average Bonchev–Trinajstić information content (AvgIpc) is 3.25. The van der Waals surface area contributed by atoms with Gasteiger partial charge in [0.2, 0.25) is 5.13 Å². The number of rotatable bonds is 5. The topological polar surface area (TPSA) is 96.7 Å². The Morgan fingerprint density at radius 3 is 2.81 bits per heavy atom. The Hall–Kier alpha value is -3.78. The van der Waals surface area contributed by atoms with Gasteiger partial charge in [0.15, 0.2) is 11.4 Å². The van der Waals surface area contributed by atoms with Crippen LogP contribution in [-0.4, -0.2) is 33.9 Å². The van der Waals surface area contributed by atoms with E-state index < -0.39 is 5.97 Å². The number of hydrazone groups is 1. The number of nitrogens with one attached hydrogen (secondary N) is 1. The molecular weight excluding hydrogens is 424 g/mol. The van der Waals surface area contributed by atoms with Crippen molar-refractivity contribution in [2.24, 2.45) is 5.10 Å². The number of carboxylic acid groups (broad SMARTS) is 1. The summed E-state index contributed by atoms with van der Waals surface area (Å²) in [6.45, 7) is 0. The van der Waals surface area contributed by atoms with Gasteiger partial charge >= 0.3 is 5.97 Å². The summed E-state index contributed by atoms with van der Waals surface area (Å²) in [5.74, 6) is -0.884. The Morgan fingerprint density at radius 2 is 2.00 bits per heavy atom. The molecule has 4 aromatic rings. The molecular formula is C24H20N4O3S. The number of para-hydroxylation sites is 1. The van der Waals surface area contributed by atoms with Gasteiger partial charge < -0.3 is 9.84 Å². The molecule has 0 fully saturated rings. The number of ether oxygens (including phenoxy) is 1.